The Hall–Kier alpha value is -0.670. The van der Waals surface area contributed by atoms with Gasteiger partial charge in [0.1, 0.15) is 6.29 Å². The number of hydrogen-bond donors (Lipinski definition) is 0. The topological polar surface area (TPSA) is 35.5 Å². The fourth-order valence-electron chi connectivity index (χ4n) is 3.32. The van der Waals surface area contributed by atoms with E-state index < -0.39 is 5.79 Å². The number of ether oxygens (including phenoxy) is 2. The van der Waals surface area contributed by atoms with Crippen molar-refractivity contribution in [3.8, 4) is 0 Å². The van der Waals surface area contributed by atoms with Crippen molar-refractivity contribution in [2.24, 2.45) is 5.41 Å². The normalized spacial score (nSPS) is 36.9. The van der Waals surface area contributed by atoms with Crippen LogP contribution >= 0.6 is 0 Å². The molecule has 0 bridgehead atoms. The third kappa shape index (κ3) is 1.45. The number of carbonyl (C=O) groups excluding carboxylic acids is 1. The molecule has 3 heteroatoms. The van der Waals surface area contributed by atoms with E-state index in [0.717, 1.165) is 38.5 Å². The summed E-state index contributed by atoms with van der Waals surface area (Å²) in [6.07, 6.45) is 9.21. The van der Waals surface area contributed by atoms with Crippen LogP contribution in [0.1, 0.15) is 38.5 Å². The lowest BCUT2D eigenvalue weighted by atomic mass is 9.64. The van der Waals surface area contributed by atoms with E-state index in [0.29, 0.717) is 13.2 Å². The zero-order valence-electron chi connectivity index (χ0n) is 9.54. The van der Waals surface area contributed by atoms with Crippen molar-refractivity contribution >= 4 is 6.29 Å². The molecule has 1 atom stereocenters. The predicted octanol–water partition coefficient (Wildman–Crippen LogP) is 2.21. The van der Waals surface area contributed by atoms with Crippen molar-refractivity contribution in [3.05, 3.63) is 11.6 Å². The van der Waals surface area contributed by atoms with Crippen LogP contribution in [0.2, 0.25) is 0 Å². The van der Waals surface area contributed by atoms with Crippen molar-refractivity contribution in [2.45, 2.75) is 44.3 Å². The third-order valence-corrected chi connectivity index (χ3v) is 4.31. The van der Waals surface area contributed by atoms with Gasteiger partial charge in [-0.3, -0.25) is 0 Å². The highest BCUT2D eigenvalue weighted by Gasteiger charge is 2.49. The molecule has 2 fully saturated rings. The first-order valence-corrected chi connectivity index (χ1v) is 6.22. The van der Waals surface area contributed by atoms with Crippen molar-refractivity contribution in [1.82, 2.24) is 0 Å². The second kappa shape index (κ2) is 3.67. The molecule has 3 rings (SSSR count). The van der Waals surface area contributed by atoms with E-state index in [1.807, 2.05) is 0 Å². The first-order valence-electron chi connectivity index (χ1n) is 6.22. The molecule has 16 heavy (non-hydrogen) atoms. The molecule has 2 aliphatic carbocycles. The maximum absolute atomic E-state index is 11.4. The molecule has 1 spiro atoms. The van der Waals surface area contributed by atoms with Crippen molar-refractivity contribution in [2.75, 3.05) is 13.2 Å². The van der Waals surface area contributed by atoms with E-state index >= 15 is 0 Å². The molecule has 0 aromatic carbocycles. The molecule has 88 valence electrons. The van der Waals surface area contributed by atoms with E-state index in [4.69, 9.17) is 9.47 Å². The Kier molecular flexibility index (Phi) is 2.41. The van der Waals surface area contributed by atoms with Crippen LogP contribution in [-0.2, 0) is 14.3 Å². The van der Waals surface area contributed by atoms with Gasteiger partial charge in [-0.2, -0.15) is 0 Å². The summed E-state index contributed by atoms with van der Waals surface area (Å²) >= 11 is 0. The molecule has 0 N–H and O–H groups in total. The number of allylic oxidation sites excluding steroid dienone is 1. The van der Waals surface area contributed by atoms with Gasteiger partial charge >= 0.3 is 0 Å². The quantitative estimate of drug-likeness (QED) is 0.504. The molecule has 0 aromatic heterocycles. The van der Waals surface area contributed by atoms with Gasteiger partial charge in [-0.05, 0) is 25.7 Å². The summed E-state index contributed by atoms with van der Waals surface area (Å²) in [6, 6.07) is 0. The van der Waals surface area contributed by atoms with Gasteiger partial charge in [0.15, 0.2) is 5.79 Å². The highest BCUT2D eigenvalue weighted by molar-refractivity contribution is 5.66. The van der Waals surface area contributed by atoms with Crippen LogP contribution < -0.4 is 0 Å². The minimum atomic E-state index is -0.393. The Bertz CT molecular complexity index is 328. The largest absolute Gasteiger partial charge is 0.347 e. The molecule has 1 saturated heterocycles. The van der Waals surface area contributed by atoms with Crippen LogP contribution in [0.4, 0.5) is 0 Å². The monoisotopic (exact) mass is 222 g/mol. The maximum Gasteiger partial charge on any atom is 0.172 e. The van der Waals surface area contributed by atoms with E-state index in [9.17, 15) is 4.79 Å². The fourth-order valence-corrected chi connectivity index (χ4v) is 3.32. The summed E-state index contributed by atoms with van der Waals surface area (Å²) in [6.45, 7) is 1.39. The Morgan fingerprint density at radius 2 is 2.00 bits per heavy atom. The van der Waals surface area contributed by atoms with Gasteiger partial charge in [-0.1, -0.05) is 11.6 Å². The zero-order valence-corrected chi connectivity index (χ0v) is 9.54. The first kappa shape index (κ1) is 10.5. The van der Waals surface area contributed by atoms with Gasteiger partial charge in [0.25, 0.3) is 0 Å². The number of fused-ring (bicyclic) bond motifs is 1. The summed E-state index contributed by atoms with van der Waals surface area (Å²) in [5.41, 5.74) is 1.08. The van der Waals surface area contributed by atoms with E-state index in [1.165, 1.54) is 11.9 Å². The number of aldehydes is 1. The first-order chi connectivity index (χ1) is 7.79. The van der Waals surface area contributed by atoms with Crippen LogP contribution in [0.15, 0.2) is 11.6 Å². The highest BCUT2D eigenvalue weighted by atomic mass is 16.7. The predicted molar refractivity (Wildman–Crippen MR) is 58.9 cm³/mol. The van der Waals surface area contributed by atoms with Crippen molar-refractivity contribution in [3.63, 3.8) is 0 Å². The van der Waals surface area contributed by atoms with E-state index in [2.05, 4.69) is 6.08 Å². The van der Waals surface area contributed by atoms with Gasteiger partial charge in [-0.25, -0.2) is 0 Å². The van der Waals surface area contributed by atoms with Crippen LogP contribution in [0, 0.1) is 5.41 Å². The van der Waals surface area contributed by atoms with Crippen LogP contribution in [0.25, 0.3) is 0 Å². The van der Waals surface area contributed by atoms with Gasteiger partial charge in [-0.15, -0.1) is 0 Å². The number of rotatable bonds is 1. The molecular formula is C13H18O3. The van der Waals surface area contributed by atoms with Crippen LogP contribution in [0.3, 0.4) is 0 Å². The average molecular weight is 222 g/mol. The number of hydrogen-bond acceptors (Lipinski definition) is 3. The minimum Gasteiger partial charge on any atom is -0.347 e. The van der Waals surface area contributed by atoms with E-state index in [1.54, 1.807) is 0 Å². The van der Waals surface area contributed by atoms with Crippen LogP contribution in [-0.4, -0.2) is 25.3 Å². The van der Waals surface area contributed by atoms with Gasteiger partial charge in [0.2, 0.25) is 0 Å². The second-order valence-electron chi connectivity index (χ2n) is 5.18. The molecule has 1 heterocycles. The lowest BCUT2D eigenvalue weighted by Crippen LogP contribution is -2.43. The maximum atomic E-state index is 11.4. The molecule has 3 nitrogen and oxygen atoms in total. The summed E-state index contributed by atoms with van der Waals surface area (Å²) in [7, 11) is 0. The summed E-state index contributed by atoms with van der Waals surface area (Å²) < 4.78 is 11.5. The van der Waals surface area contributed by atoms with Crippen LogP contribution in [0.5, 0.6) is 0 Å². The fraction of sp³-hybridized carbons (Fsp3) is 0.769. The molecule has 3 aliphatic rings. The van der Waals surface area contributed by atoms with Gasteiger partial charge in [0, 0.05) is 18.3 Å². The van der Waals surface area contributed by atoms with E-state index in [-0.39, 0.29) is 5.41 Å². The van der Waals surface area contributed by atoms with Crippen molar-refractivity contribution in [1.29, 1.82) is 0 Å². The molecular weight excluding hydrogens is 204 g/mol. The molecule has 0 radical (unpaired) electrons. The van der Waals surface area contributed by atoms with Crippen molar-refractivity contribution < 1.29 is 14.3 Å². The molecule has 1 saturated carbocycles. The Morgan fingerprint density at radius 1 is 1.19 bits per heavy atom. The second-order valence-corrected chi connectivity index (χ2v) is 5.18. The van der Waals surface area contributed by atoms with Gasteiger partial charge in [0.05, 0.1) is 13.2 Å². The molecule has 0 amide bonds. The third-order valence-electron chi connectivity index (χ3n) is 4.31. The Balaban J connectivity index is 1.88. The number of carbonyl (C=O) groups is 1. The van der Waals surface area contributed by atoms with Gasteiger partial charge < -0.3 is 14.3 Å². The lowest BCUT2D eigenvalue weighted by molar-refractivity contribution is -0.178. The Morgan fingerprint density at radius 3 is 2.75 bits per heavy atom. The summed E-state index contributed by atoms with van der Waals surface area (Å²) in [5.74, 6) is -0.393. The summed E-state index contributed by atoms with van der Waals surface area (Å²) in [4.78, 5) is 11.4. The highest BCUT2D eigenvalue weighted by Crippen LogP contribution is 2.51. The minimum absolute atomic E-state index is 0.182. The lowest BCUT2D eigenvalue weighted by Gasteiger charge is -2.44. The molecule has 0 aromatic rings. The molecule has 1 unspecified atom stereocenters. The zero-order chi connectivity index (χ0) is 11.1. The standard InChI is InChI=1S/C13H18O3/c14-10-12-4-2-1-3-11(12)9-13(6-5-12)15-7-8-16-13/h3,10H,1-2,4-9H2. The average Bonchev–Trinajstić information content (AvgIpc) is 2.78. The Labute approximate surface area is 95.8 Å². The SMILES string of the molecule is O=CC12CCCC=C1CC1(CC2)OCCO1. The summed E-state index contributed by atoms with van der Waals surface area (Å²) in [5, 5.41) is 0. The molecule has 1 aliphatic heterocycles. The smallest absolute Gasteiger partial charge is 0.172 e.